The van der Waals surface area contributed by atoms with Crippen molar-refractivity contribution in [1.29, 1.82) is 0 Å². The Hall–Kier alpha value is -3.28. The van der Waals surface area contributed by atoms with Gasteiger partial charge in [0.05, 0.1) is 16.1 Å². The number of carbonyl (C=O) groups is 2. The van der Waals surface area contributed by atoms with Gasteiger partial charge in [0.1, 0.15) is 12.6 Å². The normalized spacial score (nSPS) is 12.6. The third-order valence-corrected chi connectivity index (χ3v) is 8.87. The van der Waals surface area contributed by atoms with E-state index in [9.17, 15) is 31.2 Å². The molecule has 2 amide bonds. The Morgan fingerprint density at radius 1 is 0.953 bits per heavy atom. The smallest absolute Gasteiger partial charge is 0.354 e. The second kappa shape index (κ2) is 14.5. The maximum Gasteiger partial charge on any atom is 0.416 e. The maximum atomic E-state index is 14.1. The van der Waals surface area contributed by atoms with Gasteiger partial charge < -0.3 is 10.2 Å². The van der Waals surface area contributed by atoms with Crippen molar-refractivity contribution in [3.8, 4) is 0 Å². The summed E-state index contributed by atoms with van der Waals surface area (Å²) in [6.07, 6.45) is -4.60. The molecule has 0 bridgehead atoms. The first kappa shape index (κ1) is 34.2. The molecular formula is C30H32Cl2F3N3O4S. The number of nitrogens with one attached hydrogen (secondary N) is 1. The van der Waals surface area contributed by atoms with Gasteiger partial charge >= 0.3 is 6.18 Å². The van der Waals surface area contributed by atoms with Crippen LogP contribution in [0.1, 0.15) is 38.3 Å². The van der Waals surface area contributed by atoms with Crippen LogP contribution in [0.4, 0.5) is 18.9 Å². The fourth-order valence-corrected chi connectivity index (χ4v) is 6.16. The summed E-state index contributed by atoms with van der Waals surface area (Å²) < 4.78 is 69.1. The van der Waals surface area contributed by atoms with E-state index >= 15 is 0 Å². The summed E-state index contributed by atoms with van der Waals surface area (Å²) in [4.78, 5) is 28.3. The standard InChI is InChI=1S/C30H32Cl2F3N3O4S/c1-4-27(29(40)36-17-20(2)3)37(18-21-13-14-23(31)16-26(21)32)28(39)19-38(43(41,42)25-11-6-5-7-12-25)24-10-8-9-22(15-24)30(33,34)35/h5-16,20,27H,4,17-19H2,1-3H3,(H,36,40). The Balaban J connectivity index is 2.12. The van der Waals surface area contributed by atoms with Gasteiger partial charge in [-0.05, 0) is 60.4 Å². The number of carbonyl (C=O) groups excluding carboxylic acids is 2. The zero-order chi connectivity index (χ0) is 31.9. The summed E-state index contributed by atoms with van der Waals surface area (Å²) in [5.41, 5.74) is -1.02. The van der Waals surface area contributed by atoms with Crippen molar-refractivity contribution in [2.75, 3.05) is 17.4 Å². The summed E-state index contributed by atoms with van der Waals surface area (Å²) in [6.45, 7) is 4.74. The van der Waals surface area contributed by atoms with Gasteiger partial charge in [0.15, 0.2) is 0 Å². The number of amides is 2. The number of hydrogen-bond donors (Lipinski definition) is 1. The summed E-state index contributed by atoms with van der Waals surface area (Å²) in [5.74, 6) is -1.18. The van der Waals surface area contributed by atoms with Gasteiger partial charge in [0.25, 0.3) is 10.0 Å². The van der Waals surface area contributed by atoms with Crippen LogP contribution in [0.15, 0.2) is 77.7 Å². The first-order valence-corrected chi connectivity index (χ1v) is 15.6. The number of nitrogens with zero attached hydrogens (tertiary/aromatic N) is 2. The van der Waals surface area contributed by atoms with Gasteiger partial charge in [-0.2, -0.15) is 13.2 Å². The number of sulfonamides is 1. The molecule has 43 heavy (non-hydrogen) atoms. The third-order valence-electron chi connectivity index (χ3n) is 6.50. The van der Waals surface area contributed by atoms with E-state index < -0.39 is 46.2 Å². The van der Waals surface area contributed by atoms with Crippen molar-refractivity contribution in [2.24, 2.45) is 5.92 Å². The molecule has 1 unspecified atom stereocenters. The second-order valence-electron chi connectivity index (χ2n) is 10.2. The fourth-order valence-electron chi connectivity index (χ4n) is 4.26. The Morgan fingerprint density at radius 2 is 1.63 bits per heavy atom. The highest BCUT2D eigenvalue weighted by Gasteiger charge is 2.36. The fraction of sp³-hybridized carbons (Fsp3) is 0.333. The highest BCUT2D eigenvalue weighted by atomic mass is 35.5. The highest BCUT2D eigenvalue weighted by molar-refractivity contribution is 7.92. The lowest BCUT2D eigenvalue weighted by molar-refractivity contribution is -0.140. The Kier molecular flexibility index (Phi) is 11.5. The zero-order valence-electron chi connectivity index (χ0n) is 23.7. The summed E-state index contributed by atoms with van der Waals surface area (Å²) in [6, 6.07) is 14.3. The van der Waals surface area contributed by atoms with Crippen LogP contribution in [0.2, 0.25) is 10.0 Å². The number of halogens is 5. The minimum absolute atomic E-state index is 0.115. The molecule has 0 heterocycles. The molecule has 0 aliphatic rings. The van der Waals surface area contributed by atoms with Crippen molar-refractivity contribution in [1.82, 2.24) is 10.2 Å². The van der Waals surface area contributed by atoms with Gasteiger partial charge in [0.2, 0.25) is 11.8 Å². The molecule has 0 aliphatic carbocycles. The van der Waals surface area contributed by atoms with E-state index in [-0.39, 0.29) is 34.5 Å². The molecule has 0 aromatic heterocycles. The van der Waals surface area contributed by atoms with Crippen LogP contribution in [-0.2, 0) is 32.3 Å². The topological polar surface area (TPSA) is 86.8 Å². The van der Waals surface area contributed by atoms with Gasteiger partial charge in [-0.3, -0.25) is 13.9 Å². The molecule has 3 rings (SSSR count). The molecule has 7 nitrogen and oxygen atoms in total. The van der Waals surface area contributed by atoms with E-state index in [4.69, 9.17) is 23.2 Å². The van der Waals surface area contributed by atoms with Crippen molar-refractivity contribution in [3.63, 3.8) is 0 Å². The molecule has 13 heteroatoms. The van der Waals surface area contributed by atoms with E-state index in [1.54, 1.807) is 25.1 Å². The number of hydrogen-bond acceptors (Lipinski definition) is 4. The number of anilines is 1. The van der Waals surface area contributed by atoms with Gasteiger partial charge in [-0.25, -0.2) is 8.42 Å². The molecule has 0 aliphatic heterocycles. The monoisotopic (exact) mass is 657 g/mol. The van der Waals surface area contributed by atoms with Crippen molar-refractivity contribution < 1.29 is 31.2 Å². The van der Waals surface area contributed by atoms with E-state index in [0.717, 1.165) is 12.1 Å². The zero-order valence-corrected chi connectivity index (χ0v) is 26.1. The van der Waals surface area contributed by atoms with E-state index in [0.29, 0.717) is 27.5 Å². The molecule has 0 spiro atoms. The van der Waals surface area contributed by atoms with Gasteiger partial charge in [0, 0.05) is 23.1 Å². The molecule has 232 valence electrons. The average molecular weight is 659 g/mol. The minimum atomic E-state index is -4.76. The predicted molar refractivity (Wildman–Crippen MR) is 161 cm³/mol. The maximum absolute atomic E-state index is 14.1. The van der Waals surface area contributed by atoms with Crippen LogP contribution in [-0.4, -0.2) is 44.3 Å². The molecule has 1 N–H and O–H groups in total. The van der Waals surface area contributed by atoms with Crippen LogP contribution < -0.4 is 9.62 Å². The summed E-state index contributed by atoms with van der Waals surface area (Å²) >= 11 is 12.4. The van der Waals surface area contributed by atoms with Crippen LogP contribution in [0.5, 0.6) is 0 Å². The van der Waals surface area contributed by atoms with Gasteiger partial charge in [-0.15, -0.1) is 0 Å². The van der Waals surface area contributed by atoms with Crippen LogP contribution in [0.3, 0.4) is 0 Å². The molecular weight excluding hydrogens is 626 g/mol. The second-order valence-corrected chi connectivity index (χ2v) is 12.9. The molecule has 1 atom stereocenters. The quantitative estimate of drug-likeness (QED) is 0.232. The highest BCUT2D eigenvalue weighted by Crippen LogP contribution is 2.33. The van der Waals surface area contributed by atoms with E-state index in [1.807, 2.05) is 13.8 Å². The number of benzene rings is 3. The Bertz CT molecular complexity index is 1540. The average Bonchev–Trinajstić information content (AvgIpc) is 2.95. The van der Waals surface area contributed by atoms with Crippen molar-refractivity contribution in [3.05, 3.63) is 94.0 Å². The SMILES string of the molecule is CCC(C(=O)NCC(C)C)N(Cc1ccc(Cl)cc1Cl)C(=O)CN(c1cccc(C(F)(F)F)c1)S(=O)(=O)c1ccccc1. The van der Waals surface area contributed by atoms with E-state index in [2.05, 4.69) is 5.32 Å². The van der Waals surface area contributed by atoms with Crippen LogP contribution in [0.25, 0.3) is 0 Å². The predicted octanol–water partition coefficient (Wildman–Crippen LogP) is 6.79. The first-order valence-electron chi connectivity index (χ1n) is 13.4. The Labute approximate surface area is 259 Å². The molecule has 3 aromatic rings. The summed E-state index contributed by atoms with van der Waals surface area (Å²) in [5, 5.41) is 3.36. The number of rotatable bonds is 12. The van der Waals surface area contributed by atoms with Crippen molar-refractivity contribution in [2.45, 2.75) is 50.9 Å². The van der Waals surface area contributed by atoms with Crippen LogP contribution >= 0.6 is 23.2 Å². The third kappa shape index (κ3) is 8.87. The molecule has 0 fully saturated rings. The molecule has 0 radical (unpaired) electrons. The van der Waals surface area contributed by atoms with Crippen molar-refractivity contribution >= 4 is 50.7 Å². The first-order chi connectivity index (χ1) is 20.1. The van der Waals surface area contributed by atoms with Crippen LogP contribution in [0, 0.1) is 5.92 Å². The van der Waals surface area contributed by atoms with Gasteiger partial charge in [-0.1, -0.05) is 74.3 Å². The molecule has 3 aromatic carbocycles. The van der Waals surface area contributed by atoms with E-state index in [1.165, 1.54) is 41.3 Å². The lowest BCUT2D eigenvalue weighted by atomic mass is 10.1. The lowest BCUT2D eigenvalue weighted by Crippen LogP contribution is -2.52. The number of alkyl halides is 3. The molecule has 0 saturated carbocycles. The minimum Gasteiger partial charge on any atom is -0.354 e. The summed E-state index contributed by atoms with van der Waals surface area (Å²) in [7, 11) is -4.53. The Morgan fingerprint density at radius 3 is 2.21 bits per heavy atom. The lowest BCUT2D eigenvalue weighted by Gasteiger charge is -2.33. The molecule has 0 saturated heterocycles. The largest absolute Gasteiger partial charge is 0.416 e.